The van der Waals surface area contributed by atoms with Crippen LogP contribution in [-0.4, -0.2) is 59.5 Å². The smallest absolute Gasteiger partial charge is 0.243 e. The lowest BCUT2D eigenvalue weighted by Gasteiger charge is -2.34. The van der Waals surface area contributed by atoms with Crippen molar-refractivity contribution < 1.29 is 13.2 Å². The molecule has 2 heterocycles. The Balaban J connectivity index is 1.57. The molecule has 1 aromatic heterocycles. The van der Waals surface area contributed by atoms with Crippen LogP contribution in [0.1, 0.15) is 38.3 Å². The van der Waals surface area contributed by atoms with Gasteiger partial charge < -0.3 is 4.90 Å². The van der Waals surface area contributed by atoms with E-state index in [9.17, 15) is 13.2 Å². The lowest BCUT2D eigenvalue weighted by molar-refractivity contribution is -0.132. The summed E-state index contributed by atoms with van der Waals surface area (Å²) in [5.74, 6) is 0.0560. The lowest BCUT2D eigenvalue weighted by Crippen LogP contribution is -2.50. The van der Waals surface area contributed by atoms with E-state index in [1.54, 1.807) is 27.9 Å². The van der Waals surface area contributed by atoms with E-state index in [-0.39, 0.29) is 11.3 Å². The van der Waals surface area contributed by atoms with Gasteiger partial charge in [-0.1, -0.05) is 32.9 Å². The minimum absolute atomic E-state index is 0.0237. The maximum absolute atomic E-state index is 13.0. The SMILES string of the molecule is Cn1cc(CCC(=O)N2CCN(S(=O)(=O)c3ccc(C(C)(C)C)cc3)CC2)cn1. The topological polar surface area (TPSA) is 75.5 Å². The van der Waals surface area contributed by atoms with E-state index in [1.165, 1.54) is 4.31 Å². The van der Waals surface area contributed by atoms with E-state index < -0.39 is 10.0 Å². The van der Waals surface area contributed by atoms with Crippen LogP contribution in [0.4, 0.5) is 0 Å². The molecule has 158 valence electrons. The van der Waals surface area contributed by atoms with Crippen molar-refractivity contribution in [3.05, 3.63) is 47.8 Å². The van der Waals surface area contributed by atoms with Crippen molar-refractivity contribution in [2.45, 2.75) is 43.9 Å². The third-order valence-corrected chi connectivity index (χ3v) is 7.25. The van der Waals surface area contributed by atoms with E-state index in [0.717, 1.165) is 11.1 Å². The van der Waals surface area contributed by atoms with Crippen LogP contribution in [0.2, 0.25) is 0 Å². The normalized spacial score (nSPS) is 16.2. The van der Waals surface area contributed by atoms with Crippen LogP contribution in [0.3, 0.4) is 0 Å². The number of carbonyl (C=O) groups excluding carboxylic acids is 1. The molecule has 1 saturated heterocycles. The van der Waals surface area contributed by atoms with Crippen molar-refractivity contribution in [2.24, 2.45) is 7.05 Å². The van der Waals surface area contributed by atoms with Crippen LogP contribution < -0.4 is 0 Å². The minimum atomic E-state index is -3.54. The van der Waals surface area contributed by atoms with Crippen LogP contribution in [0.25, 0.3) is 0 Å². The Bertz CT molecular complexity index is 951. The zero-order valence-corrected chi connectivity index (χ0v) is 18.4. The summed E-state index contributed by atoms with van der Waals surface area (Å²) in [6.45, 7) is 7.78. The second kappa shape index (κ2) is 8.28. The fraction of sp³-hybridized carbons (Fsp3) is 0.524. The van der Waals surface area contributed by atoms with Gasteiger partial charge in [-0.25, -0.2) is 8.42 Å². The highest BCUT2D eigenvalue weighted by Gasteiger charge is 2.30. The van der Waals surface area contributed by atoms with Gasteiger partial charge in [-0.2, -0.15) is 9.40 Å². The first kappa shape index (κ1) is 21.5. The van der Waals surface area contributed by atoms with Crippen LogP contribution >= 0.6 is 0 Å². The van der Waals surface area contributed by atoms with Crippen LogP contribution in [-0.2, 0) is 33.7 Å². The maximum atomic E-state index is 13.0. The average molecular weight is 419 g/mol. The molecule has 1 fully saturated rings. The van der Waals surface area contributed by atoms with Crippen LogP contribution in [0.5, 0.6) is 0 Å². The molecule has 0 spiro atoms. The number of hydrogen-bond donors (Lipinski definition) is 0. The van der Waals surface area contributed by atoms with Crippen molar-refractivity contribution in [3.8, 4) is 0 Å². The summed E-state index contributed by atoms with van der Waals surface area (Å²) in [4.78, 5) is 14.5. The van der Waals surface area contributed by atoms with E-state index in [4.69, 9.17) is 0 Å². The number of piperazine rings is 1. The van der Waals surface area contributed by atoms with Crippen molar-refractivity contribution in [1.82, 2.24) is 19.0 Å². The van der Waals surface area contributed by atoms with Crippen molar-refractivity contribution >= 4 is 15.9 Å². The molecule has 1 aromatic carbocycles. The first-order chi connectivity index (χ1) is 13.6. The molecule has 0 aliphatic carbocycles. The van der Waals surface area contributed by atoms with Crippen LogP contribution in [0, 0.1) is 0 Å². The quantitative estimate of drug-likeness (QED) is 0.746. The summed E-state index contributed by atoms with van der Waals surface area (Å²) in [6, 6.07) is 7.12. The molecule has 29 heavy (non-hydrogen) atoms. The zero-order chi connectivity index (χ0) is 21.2. The maximum Gasteiger partial charge on any atom is 0.243 e. The van der Waals surface area contributed by atoms with Crippen LogP contribution in [0.15, 0.2) is 41.6 Å². The van der Waals surface area contributed by atoms with E-state index in [0.29, 0.717) is 43.9 Å². The van der Waals surface area contributed by atoms with Gasteiger partial charge in [-0.15, -0.1) is 0 Å². The molecule has 1 aliphatic heterocycles. The highest BCUT2D eigenvalue weighted by molar-refractivity contribution is 7.89. The molecule has 0 atom stereocenters. The highest BCUT2D eigenvalue weighted by Crippen LogP contribution is 2.25. The zero-order valence-electron chi connectivity index (χ0n) is 17.6. The number of nitrogens with zero attached hydrogens (tertiary/aromatic N) is 4. The molecule has 0 bridgehead atoms. The first-order valence-corrected chi connectivity index (χ1v) is 11.4. The van der Waals surface area contributed by atoms with Gasteiger partial charge in [-0.3, -0.25) is 9.48 Å². The van der Waals surface area contributed by atoms with Gasteiger partial charge in [0.1, 0.15) is 0 Å². The fourth-order valence-electron chi connectivity index (χ4n) is 3.46. The largest absolute Gasteiger partial charge is 0.340 e. The van der Waals surface area contributed by atoms with Gasteiger partial charge in [0.15, 0.2) is 0 Å². The molecule has 0 saturated carbocycles. The highest BCUT2D eigenvalue weighted by atomic mass is 32.2. The summed E-state index contributed by atoms with van der Waals surface area (Å²) in [7, 11) is -1.69. The predicted molar refractivity (Wildman–Crippen MR) is 112 cm³/mol. The number of aryl methyl sites for hydroxylation is 2. The molecule has 0 unspecified atom stereocenters. The lowest BCUT2D eigenvalue weighted by atomic mass is 9.87. The number of carbonyl (C=O) groups is 1. The Kier molecular flexibility index (Phi) is 6.14. The number of rotatable bonds is 5. The molecular formula is C21H30N4O3S. The molecule has 0 N–H and O–H groups in total. The molecule has 2 aromatic rings. The monoisotopic (exact) mass is 418 g/mol. The van der Waals surface area contributed by atoms with Crippen molar-refractivity contribution in [3.63, 3.8) is 0 Å². The Morgan fingerprint density at radius 3 is 2.21 bits per heavy atom. The summed E-state index contributed by atoms with van der Waals surface area (Å²) < 4.78 is 29.1. The third-order valence-electron chi connectivity index (χ3n) is 5.34. The molecule has 3 rings (SSSR count). The number of aromatic nitrogens is 2. The van der Waals surface area contributed by atoms with Crippen molar-refractivity contribution in [1.29, 1.82) is 0 Å². The Morgan fingerprint density at radius 1 is 1.07 bits per heavy atom. The second-order valence-corrected chi connectivity index (χ2v) is 10.5. The molecule has 1 aliphatic rings. The molecular weight excluding hydrogens is 388 g/mol. The molecule has 0 radical (unpaired) electrons. The number of hydrogen-bond acceptors (Lipinski definition) is 4. The minimum Gasteiger partial charge on any atom is -0.340 e. The van der Waals surface area contributed by atoms with Gasteiger partial charge in [-0.05, 0) is 35.1 Å². The van der Waals surface area contributed by atoms with Gasteiger partial charge in [0.05, 0.1) is 11.1 Å². The first-order valence-electron chi connectivity index (χ1n) is 9.93. The Hall–Kier alpha value is -2.19. The average Bonchev–Trinajstić information content (AvgIpc) is 3.11. The van der Waals surface area contributed by atoms with Gasteiger partial charge >= 0.3 is 0 Å². The number of benzene rings is 1. The Labute approximate surface area is 173 Å². The summed E-state index contributed by atoms with van der Waals surface area (Å²) >= 11 is 0. The van der Waals surface area contributed by atoms with Crippen molar-refractivity contribution in [2.75, 3.05) is 26.2 Å². The second-order valence-electron chi connectivity index (χ2n) is 8.58. The van der Waals surface area contributed by atoms with E-state index in [1.807, 2.05) is 25.4 Å². The third kappa shape index (κ3) is 5.05. The summed E-state index contributed by atoms with van der Waals surface area (Å²) in [6.07, 6.45) is 4.73. The van der Waals surface area contributed by atoms with E-state index >= 15 is 0 Å². The predicted octanol–water partition coefficient (Wildman–Crippen LogP) is 2.18. The van der Waals surface area contributed by atoms with E-state index in [2.05, 4.69) is 25.9 Å². The molecule has 1 amide bonds. The summed E-state index contributed by atoms with van der Waals surface area (Å²) in [5, 5.41) is 4.11. The van der Waals surface area contributed by atoms with Gasteiger partial charge in [0.2, 0.25) is 15.9 Å². The molecule has 7 nitrogen and oxygen atoms in total. The number of amides is 1. The molecule has 8 heteroatoms. The van der Waals surface area contributed by atoms with Gasteiger partial charge in [0.25, 0.3) is 0 Å². The fourth-order valence-corrected chi connectivity index (χ4v) is 4.89. The number of sulfonamides is 1. The standard InChI is InChI=1S/C21H30N4O3S/c1-21(2,3)18-6-8-19(9-7-18)29(27,28)25-13-11-24(12-14-25)20(26)10-5-17-15-22-23(4)16-17/h6-9,15-16H,5,10-14H2,1-4H3. The Morgan fingerprint density at radius 2 is 1.69 bits per heavy atom. The van der Waals surface area contributed by atoms with Gasteiger partial charge in [0, 0.05) is 45.8 Å². The summed E-state index contributed by atoms with van der Waals surface area (Å²) in [5.41, 5.74) is 2.10.